The fraction of sp³-hybridized carbons (Fsp3) is 0.560. The summed E-state index contributed by atoms with van der Waals surface area (Å²) in [7, 11) is 0. The highest BCUT2D eigenvalue weighted by molar-refractivity contribution is 5.73. The maximum absolute atomic E-state index is 11.6. The normalized spacial score (nSPS) is 10.8. The van der Waals surface area contributed by atoms with Crippen LogP contribution >= 0.6 is 0 Å². The van der Waals surface area contributed by atoms with Crippen LogP contribution in [-0.2, 0) is 35.3 Å². The maximum Gasteiger partial charge on any atom is 0.490 e. The number of rotatable bonds is 13. The second-order valence-corrected chi connectivity index (χ2v) is 8.09. The first-order chi connectivity index (χ1) is 19.7. The van der Waals surface area contributed by atoms with E-state index in [2.05, 4.69) is 0 Å². The number of hydrogen-bond acceptors (Lipinski definition) is 6. The number of carboxylic acid groups (broad SMARTS) is 3. The van der Waals surface area contributed by atoms with Crippen LogP contribution in [0, 0.1) is 0 Å². The fourth-order valence-corrected chi connectivity index (χ4v) is 2.37. The molecule has 248 valence electrons. The molecule has 43 heavy (non-hydrogen) atoms. The Balaban J connectivity index is -0.000000619. The predicted octanol–water partition coefficient (Wildman–Crippen LogP) is 6.73. The quantitative estimate of drug-likeness (QED) is 0.0916. The summed E-state index contributed by atoms with van der Waals surface area (Å²) in [5, 5.41) is 21.4. The van der Waals surface area contributed by atoms with Gasteiger partial charge in [-0.3, -0.25) is 4.79 Å². The van der Waals surface area contributed by atoms with Gasteiger partial charge in [-0.25, -0.2) is 14.4 Å². The Kier molecular flexibility index (Phi) is 24.0. The van der Waals surface area contributed by atoms with E-state index in [9.17, 15) is 49.1 Å². The summed E-state index contributed by atoms with van der Waals surface area (Å²) in [6.07, 6.45) is -3.99. The summed E-state index contributed by atoms with van der Waals surface area (Å²) >= 11 is 0. The van der Waals surface area contributed by atoms with Crippen molar-refractivity contribution in [3.8, 4) is 0 Å². The molecule has 0 fully saturated rings. The van der Waals surface area contributed by atoms with Gasteiger partial charge in [0, 0.05) is 12.8 Å². The van der Waals surface area contributed by atoms with Gasteiger partial charge in [0.25, 0.3) is 0 Å². The number of unbranched alkanes of at least 4 members (excludes halogenated alkanes) is 8. The summed E-state index contributed by atoms with van der Waals surface area (Å²) in [4.78, 5) is 48.4. The van der Waals surface area contributed by atoms with Gasteiger partial charge < -0.3 is 24.9 Å². The molecule has 1 aromatic carbocycles. The monoisotopic (exact) mass is 646 g/mol. The Morgan fingerprint density at radius 2 is 0.930 bits per heavy atom. The fourth-order valence-electron chi connectivity index (χ4n) is 2.37. The number of carbonyl (C=O) groups is 5. The van der Waals surface area contributed by atoms with Crippen LogP contribution in [0.2, 0.25) is 0 Å². The molecule has 9 nitrogen and oxygen atoms in total. The van der Waals surface area contributed by atoms with Crippen LogP contribution in [0.4, 0.5) is 39.5 Å². The summed E-state index contributed by atoms with van der Waals surface area (Å²) in [6, 6.07) is 9.77. The number of aldehydes is 1. The van der Waals surface area contributed by atoms with Crippen LogP contribution in [-0.4, -0.2) is 64.0 Å². The van der Waals surface area contributed by atoms with E-state index < -0.39 is 36.4 Å². The molecule has 0 atom stereocenters. The maximum atomic E-state index is 11.6. The number of carboxylic acids is 3. The van der Waals surface area contributed by atoms with Gasteiger partial charge in [0.1, 0.15) is 12.9 Å². The Hall–Kier alpha value is -3.86. The van der Waals surface area contributed by atoms with Crippen molar-refractivity contribution in [3.63, 3.8) is 0 Å². The molecule has 0 radical (unpaired) electrons. The molecule has 1 rings (SSSR count). The van der Waals surface area contributed by atoms with Gasteiger partial charge in [0.05, 0.1) is 0 Å². The van der Waals surface area contributed by atoms with Gasteiger partial charge in [-0.1, -0.05) is 68.9 Å². The highest BCUT2D eigenvalue weighted by Gasteiger charge is 2.39. The number of esters is 1. The molecule has 0 spiro atoms. The van der Waals surface area contributed by atoms with E-state index in [1.54, 1.807) is 0 Å². The smallest absolute Gasteiger partial charge is 0.475 e. The summed E-state index contributed by atoms with van der Waals surface area (Å²) < 4.78 is 100. The van der Waals surface area contributed by atoms with E-state index in [4.69, 9.17) is 34.4 Å². The number of hydrogen-bond donors (Lipinski definition) is 3. The molecule has 0 saturated carbocycles. The Morgan fingerprint density at radius 3 is 1.26 bits per heavy atom. The van der Waals surface area contributed by atoms with Crippen molar-refractivity contribution < 1.29 is 83.5 Å². The molecule has 0 unspecified atom stereocenters. The number of benzene rings is 1. The molecule has 0 aliphatic rings. The van der Waals surface area contributed by atoms with E-state index in [0.29, 0.717) is 19.4 Å². The third-order valence-corrected chi connectivity index (χ3v) is 4.42. The lowest BCUT2D eigenvalue weighted by molar-refractivity contribution is -0.193. The van der Waals surface area contributed by atoms with E-state index in [1.165, 1.54) is 25.7 Å². The van der Waals surface area contributed by atoms with E-state index in [-0.39, 0.29) is 5.97 Å². The van der Waals surface area contributed by atoms with Crippen molar-refractivity contribution >= 4 is 30.2 Å². The second kappa shape index (κ2) is 23.7. The molecular weight excluding hydrogens is 615 g/mol. The van der Waals surface area contributed by atoms with Crippen molar-refractivity contribution in [3.05, 3.63) is 35.9 Å². The average Bonchev–Trinajstić information content (AvgIpc) is 2.88. The predicted molar refractivity (Wildman–Crippen MR) is 130 cm³/mol. The van der Waals surface area contributed by atoms with E-state index >= 15 is 0 Å². The second-order valence-electron chi connectivity index (χ2n) is 8.09. The average molecular weight is 646 g/mol. The first-order valence-electron chi connectivity index (χ1n) is 12.2. The van der Waals surface area contributed by atoms with Crippen molar-refractivity contribution in [2.75, 3.05) is 0 Å². The van der Waals surface area contributed by atoms with Gasteiger partial charge in [0.15, 0.2) is 0 Å². The zero-order valence-corrected chi connectivity index (χ0v) is 22.4. The first-order valence-corrected chi connectivity index (χ1v) is 12.2. The zero-order chi connectivity index (χ0) is 34.1. The Bertz CT molecular complexity index is 874. The van der Waals surface area contributed by atoms with Gasteiger partial charge >= 0.3 is 42.4 Å². The number of alkyl halides is 9. The molecule has 0 aliphatic heterocycles. The topological polar surface area (TPSA) is 155 Å². The van der Waals surface area contributed by atoms with Gasteiger partial charge in [-0.2, -0.15) is 39.5 Å². The van der Waals surface area contributed by atoms with E-state index in [1.807, 2.05) is 30.3 Å². The van der Waals surface area contributed by atoms with Crippen LogP contribution in [0.25, 0.3) is 0 Å². The third-order valence-electron chi connectivity index (χ3n) is 4.42. The van der Waals surface area contributed by atoms with Crippen LogP contribution in [0.1, 0.15) is 69.8 Å². The number of aliphatic carboxylic acids is 3. The molecular formula is C25H31F9O9. The largest absolute Gasteiger partial charge is 0.490 e. The SMILES string of the molecule is O=C(O)C(F)(F)F.O=C(O)C(F)(F)F.O=C(O)C(F)(F)F.O=CCCCCCCCCCCC(=O)OCc1ccccc1. The van der Waals surface area contributed by atoms with Crippen LogP contribution < -0.4 is 0 Å². The lowest BCUT2D eigenvalue weighted by Gasteiger charge is -2.05. The molecule has 0 saturated heterocycles. The molecule has 3 N–H and O–H groups in total. The zero-order valence-electron chi connectivity index (χ0n) is 22.4. The van der Waals surface area contributed by atoms with Crippen molar-refractivity contribution in [1.29, 1.82) is 0 Å². The summed E-state index contributed by atoms with van der Waals surface area (Å²) in [5.74, 6) is -8.37. The van der Waals surface area contributed by atoms with Crippen LogP contribution in [0.3, 0.4) is 0 Å². The number of ether oxygens (including phenoxy) is 1. The number of halogens is 9. The number of carbonyl (C=O) groups excluding carboxylic acids is 2. The molecule has 0 bridgehead atoms. The van der Waals surface area contributed by atoms with Crippen molar-refractivity contribution in [2.45, 2.75) is 89.3 Å². The van der Waals surface area contributed by atoms with E-state index in [0.717, 1.165) is 37.5 Å². The Morgan fingerprint density at radius 1 is 0.605 bits per heavy atom. The molecule has 0 amide bonds. The van der Waals surface area contributed by atoms with Crippen LogP contribution in [0.15, 0.2) is 30.3 Å². The Labute approximate surface area is 239 Å². The molecule has 18 heteroatoms. The minimum absolute atomic E-state index is 0.0993. The standard InChI is InChI=1S/C19H28O3.3C2HF3O2/c20-16-12-7-5-3-1-2-4-6-11-15-19(21)22-17-18-13-9-8-10-14-18;3*3-2(4,5)1(6)7/h8-10,13-14,16H,1-7,11-12,15,17H2;3*(H,6,7). The summed E-state index contributed by atoms with van der Waals surface area (Å²) in [6.45, 7) is 0.375. The van der Waals surface area contributed by atoms with Gasteiger partial charge in [0.2, 0.25) is 0 Å². The molecule has 1 aromatic rings. The first kappa shape index (κ1) is 43.6. The minimum atomic E-state index is -5.08. The minimum Gasteiger partial charge on any atom is -0.475 e. The molecule has 0 heterocycles. The van der Waals surface area contributed by atoms with Gasteiger partial charge in [-0.15, -0.1) is 0 Å². The third kappa shape index (κ3) is 32.5. The highest BCUT2D eigenvalue weighted by atomic mass is 19.4. The van der Waals surface area contributed by atoms with Crippen molar-refractivity contribution in [1.82, 2.24) is 0 Å². The lowest BCUT2D eigenvalue weighted by Crippen LogP contribution is -2.21. The summed E-state index contributed by atoms with van der Waals surface area (Å²) in [5.41, 5.74) is 1.03. The van der Waals surface area contributed by atoms with Crippen molar-refractivity contribution in [2.24, 2.45) is 0 Å². The molecule has 0 aromatic heterocycles. The van der Waals surface area contributed by atoms with Gasteiger partial charge in [-0.05, 0) is 18.4 Å². The lowest BCUT2D eigenvalue weighted by atomic mass is 10.1. The highest BCUT2D eigenvalue weighted by Crippen LogP contribution is 2.14. The van der Waals surface area contributed by atoms with Crippen LogP contribution in [0.5, 0.6) is 0 Å². The molecule has 0 aliphatic carbocycles.